The number of carboxylic acids is 1. The first-order valence-electron chi connectivity index (χ1n) is 5.16. The number of hydrogen-bond acceptors (Lipinski definition) is 3. The van der Waals surface area contributed by atoms with Crippen LogP contribution in [0.5, 0.6) is 0 Å². The van der Waals surface area contributed by atoms with Crippen LogP contribution in [0.3, 0.4) is 0 Å². The summed E-state index contributed by atoms with van der Waals surface area (Å²) in [6.45, 7) is 1.64. The van der Waals surface area contributed by atoms with E-state index in [0.29, 0.717) is 8.95 Å². The minimum Gasteiger partial charge on any atom is -0.480 e. The summed E-state index contributed by atoms with van der Waals surface area (Å²) in [6, 6.07) is 4.70. The SMILES string of the molecule is CC1CC1(C(=O)O)S(=O)(=O)c1cc(Br)ccc1Br. The Morgan fingerprint density at radius 3 is 2.44 bits per heavy atom. The summed E-state index contributed by atoms with van der Waals surface area (Å²) in [7, 11) is -3.91. The van der Waals surface area contributed by atoms with Crippen molar-refractivity contribution in [1.82, 2.24) is 0 Å². The van der Waals surface area contributed by atoms with Crippen LogP contribution in [0, 0.1) is 5.92 Å². The lowest BCUT2D eigenvalue weighted by Crippen LogP contribution is -2.34. The Morgan fingerprint density at radius 2 is 2.00 bits per heavy atom. The van der Waals surface area contributed by atoms with Crippen molar-refractivity contribution in [2.24, 2.45) is 5.92 Å². The predicted octanol–water partition coefficient (Wildman–Crippen LogP) is 2.85. The number of carboxylic acid groups (broad SMARTS) is 1. The molecule has 0 aliphatic heterocycles. The molecule has 1 fully saturated rings. The van der Waals surface area contributed by atoms with Crippen molar-refractivity contribution >= 4 is 47.7 Å². The minimum atomic E-state index is -3.91. The Hall–Kier alpha value is -0.400. The molecule has 0 saturated heterocycles. The van der Waals surface area contributed by atoms with Gasteiger partial charge in [0.2, 0.25) is 0 Å². The number of hydrogen-bond donors (Lipinski definition) is 1. The average molecular weight is 398 g/mol. The summed E-state index contributed by atoms with van der Waals surface area (Å²) >= 11 is 6.36. The van der Waals surface area contributed by atoms with Gasteiger partial charge in [-0.15, -0.1) is 0 Å². The highest BCUT2D eigenvalue weighted by molar-refractivity contribution is 9.11. The lowest BCUT2D eigenvalue weighted by molar-refractivity contribution is -0.137. The Morgan fingerprint density at radius 1 is 1.44 bits per heavy atom. The molecule has 0 radical (unpaired) electrons. The fraction of sp³-hybridized carbons (Fsp3) is 0.364. The molecule has 0 bridgehead atoms. The maximum Gasteiger partial charge on any atom is 0.325 e. The summed E-state index contributed by atoms with van der Waals surface area (Å²) in [6.07, 6.45) is 0.156. The minimum absolute atomic E-state index is 0.0172. The van der Waals surface area contributed by atoms with Crippen LogP contribution in [0.15, 0.2) is 32.0 Å². The predicted molar refractivity (Wildman–Crippen MR) is 73.2 cm³/mol. The van der Waals surface area contributed by atoms with E-state index in [1.807, 2.05) is 0 Å². The van der Waals surface area contributed by atoms with Crippen LogP contribution < -0.4 is 0 Å². The maximum atomic E-state index is 12.5. The van der Waals surface area contributed by atoms with Crippen LogP contribution in [0.4, 0.5) is 0 Å². The molecular weight excluding hydrogens is 388 g/mol. The molecule has 1 N–H and O–H groups in total. The second-order valence-corrected chi connectivity index (χ2v) is 8.32. The van der Waals surface area contributed by atoms with Crippen molar-refractivity contribution in [3.63, 3.8) is 0 Å². The highest BCUT2D eigenvalue weighted by Gasteiger charge is 2.68. The molecule has 7 heteroatoms. The third-order valence-corrected chi connectivity index (χ3v) is 7.34. The topological polar surface area (TPSA) is 71.4 Å². The summed E-state index contributed by atoms with van der Waals surface area (Å²) in [4.78, 5) is 11.3. The van der Waals surface area contributed by atoms with Gasteiger partial charge in [0.25, 0.3) is 0 Å². The van der Waals surface area contributed by atoms with Gasteiger partial charge in [0, 0.05) is 8.95 Å². The Balaban J connectivity index is 2.63. The van der Waals surface area contributed by atoms with Crippen LogP contribution >= 0.6 is 31.9 Å². The van der Waals surface area contributed by atoms with Gasteiger partial charge in [-0.2, -0.15) is 0 Å². The fourth-order valence-electron chi connectivity index (χ4n) is 2.06. The van der Waals surface area contributed by atoms with Crippen molar-refractivity contribution in [3.05, 3.63) is 27.1 Å². The standard InChI is InChI=1S/C11H10Br2O4S/c1-6-5-11(6,10(14)15)18(16,17)9-4-7(12)2-3-8(9)13/h2-4,6H,5H2,1H3,(H,14,15). The van der Waals surface area contributed by atoms with Gasteiger partial charge in [-0.25, -0.2) is 8.42 Å². The van der Waals surface area contributed by atoms with Crippen molar-refractivity contribution in [2.75, 3.05) is 0 Å². The van der Waals surface area contributed by atoms with Crippen LogP contribution in [-0.4, -0.2) is 24.2 Å². The number of rotatable bonds is 3. The summed E-state index contributed by atoms with van der Waals surface area (Å²) in [5.41, 5.74) is 0. The molecule has 4 nitrogen and oxygen atoms in total. The van der Waals surface area contributed by atoms with Gasteiger partial charge >= 0.3 is 5.97 Å². The van der Waals surface area contributed by atoms with Crippen LogP contribution in [0.1, 0.15) is 13.3 Å². The third kappa shape index (κ3) is 1.83. The number of halogens is 2. The molecule has 1 aliphatic rings. The number of benzene rings is 1. The van der Waals surface area contributed by atoms with E-state index in [1.165, 1.54) is 6.07 Å². The molecule has 0 heterocycles. The maximum absolute atomic E-state index is 12.5. The van der Waals surface area contributed by atoms with Gasteiger partial charge in [0.15, 0.2) is 14.6 Å². The van der Waals surface area contributed by atoms with Crippen LogP contribution in [0.2, 0.25) is 0 Å². The van der Waals surface area contributed by atoms with Crippen molar-refractivity contribution < 1.29 is 18.3 Å². The van der Waals surface area contributed by atoms with Gasteiger partial charge in [-0.1, -0.05) is 22.9 Å². The van der Waals surface area contributed by atoms with Gasteiger partial charge in [0.05, 0.1) is 4.90 Å². The third-order valence-electron chi connectivity index (χ3n) is 3.27. The Labute approximate surface area is 122 Å². The molecule has 2 unspecified atom stereocenters. The zero-order chi connectivity index (χ0) is 13.7. The lowest BCUT2D eigenvalue weighted by atomic mass is 10.3. The molecule has 98 valence electrons. The van der Waals surface area contributed by atoms with Gasteiger partial charge < -0.3 is 5.11 Å². The van der Waals surface area contributed by atoms with Crippen molar-refractivity contribution in [3.8, 4) is 0 Å². The zero-order valence-electron chi connectivity index (χ0n) is 9.35. The molecule has 2 rings (SSSR count). The van der Waals surface area contributed by atoms with E-state index in [0.717, 1.165) is 0 Å². The fourth-order valence-corrected chi connectivity index (χ4v) is 5.69. The first-order chi connectivity index (χ1) is 8.23. The Bertz CT molecular complexity index is 626. The highest BCUT2D eigenvalue weighted by atomic mass is 79.9. The first kappa shape index (κ1) is 14.0. The lowest BCUT2D eigenvalue weighted by Gasteiger charge is -2.14. The van der Waals surface area contributed by atoms with Crippen LogP contribution in [-0.2, 0) is 14.6 Å². The van der Waals surface area contributed by atoms with Gasteiger partial charge in [0.1, 0.15) is 0 Å². The average Bonchev–Trinajstić information content (AvgIpc) is 2.95. The summed E-state index contributed by atoms with van der Waals surface area (Å²) in [5, 5.41) is 9.23. The second-order valence-electron chi connectivity index (χ2n) is 4.38. The van der Waals surface area contributed by atoms with E-state index in [2.05, 4.69) is 31.9 Å². The molecule has 0 spiro atoms. The van der Waals surface area contributed by atoms with Crippen molar-refractivity contribution in [1.29, 1.82) is 0 Å². The van der Waals surface area contributed by atoms with E-state index >= 15 is 0 Å². The zero-order valence-corrected chi connectivity index (χ0v) is 13.3. The van der Waals surface area contributed by atoms with Crippen LogP contribution in [0.25, 0.3) is 0 Å². The molecule has 1 aromatic carbocycles. The summed E-state index contributed by atoms with van der Waals surface area (Å²) in [5.74, 6) is -1.65. The molecule has 0 amide bonds. The van der Waals surface area contributed by atoms with E-state index < -0.39 is 20.6 Å². The number of carbonyl (C=O) groups is 1. The van der Waals surface area contributed by atoms with E-state index in [4.69, 9.17) is 0 Å². The summed E-state index contributed by atoms with van der Waals surface area (Å²) < 4.78 is 24.3. The van der Waals surface area contributed by atoms with E-state index in [-0.39, 0.29) is 17.2 Å². The van der Waals surface area contributed by atoms with Gasteiger partial charge in [-0.05, 0) is 46.5 Å². The normalized spacial score (nSPS) is 26.9. The monoisotopic (exact) mass is 396 g/mol. The molecule has 1 aromatic rings. The number of aliphatic carboxylic acids is 1. The molecule has 1 saturated carbocycles. The first-order valence-corrected chi connectivity index (χ1v) is 8.23. The molecule has 0 aromatic heterocycles. The second kappa shape index (κ2) is 4.31. The van der Waals surface area contributed by atoms with E-state index in [1.54, 1.807) is 19.1 Å². The smallest absolute Gasteiger partial charge is 0.325 e. The highest BCUT2D eigenvalue weighted by Crippen LogP contribution is 2.53. The quantitative estimate of drug-likeness (QED) is 0.851. The molecule has 2 atom stereocenters. The van der Waals surface area contributed by atoms with Gasteiger partial charge in [-0.3, -0.25) is 4.79 Å². The molecular formula is C11H10Br2O4S. The Kier molecular flexibility index (Phi) is 3.36. The molecule has 1 aliphatic carbocycles. The van der Waals surface area contributed by atoms with Crippen molar-refractivity contribution in [2.45, 2.75) is 23.0 Å². The largest absolute Gasteiger partial charge is 0.480 e. The number of sulfone groups is 1. The van der Waals surface area contributed by atoms with E-state index in [9.17, 15) is 18.3 Å². The molecule has 18 heavy (non-hydrogen) atoms.